The van der Waals surface area contributed by atoms with E-state index in [0.29, 0.717) is 11.6 Å². The largest absolute Gasteiger partial charge is 0.407 e. The van der Waals surface area contributed by atoms with Crippen molar-refractivity contribution in [2.24, 2.45) is 4.99 Å². The first-order valence-electron chi connectivity index (χ1n) is 4.71. The zero-order valence-corrected chi connectivity index (χ0v) is 8.17. The molecule has 0 fully saturated rings. The van der Waals surface area contributed by atoms with Crippen LogP contribution in [0.3, 0.4) is 0 Å². The Hall–Kier alpha value is -1.12. The standard InChI is InChI=1S/C10H15NO2/c1-3-4-5-6-7-9-10(12)13-8(2)11-9/h7H,3-6H2,1-2H3. The van der Waals surface area contributed by atoms with Gasteiger partial charge in [-0.05, 0) is 12.8 Å². The second kappa shape index (κ2) is 4.80. The summed E-state index contributed by atoms with van der Waals surface area (Å²) in [6, 6.07) is 0. The lowest BCUT2D eigenvalue weighted by atomic mass is 10.2. The summed E-state index contributed by atoms with van der Waals surface area (Å²) in [5.74, 6) is 0.140. The number of nitrogens with zero attached hydrogens (tertiary/aromatic N) is 1. The molecule has 3 heteroatoms. The van der Waals surface area contributed by atoms with Gasteiger partial charge in [-0.2, -0.15) is 0 Å². The molecule has 1 aliphatic rings. The maximum Gasteiger partial charge on any atom is 0.363 e. The molecular weight excluding hydrogens is 166 g/mol. The Morgan fingerprint density at radius 2 is 2.23 bits per heavy atom. The average molecular weight is 181 g/mol. The predicted octanol–water partition coefficient (Wildman–Crippen LogP) is 2.43. The van der Waals surface area contributed by atoms with Gasteiger partial charge < -0.3 is 4.74 Å². The summed E-state index contributed by atoms with van der Waals surface area (Å²) in [6.07, 6.45) is 6.27. The van der Waals surface area contributed by atoms with Crippen LogP contribution in [-0.4, -0.2) is 11.9 Å². The summed E-state index contributed by atoms with van der Waals surface area (Å²) in [4.78, 5) is 15.0. The van der Waals surface area contributed by atoms with Crippen molar-refractivity contribution in [3.8, 4) is 0 Å². The number of carbonyl (C=O) groups excluding carboxylic acids is 1. The Balaban J connectivity index is 2.38. The van der Waals surface area contributed by atoms with E-state index in [2.05, 4.69) is 11.9 Å². The van der Waals surface area contributed by atoms with E-state index in [1.165, 1.54) is 12.8 Å². The van der Waals surface area contributed by atoms with Crippen LogP contribution in [0.1, 0.15) is 39.5 Å². The van der Waals surface area contributed by atoms with E-state index in [1.54, 1.807) is 6.92 Å². The third-order valence-electron chi connectivity index (χ3n) is 1.87. The van der Waals surface area contributed by atoms with E-state index in [0.717, 1.165) is 12.8 Å². The lowest BCUT2D eigenvalue weighted by molar-refractivity contribution is -0.130. The molecule has 1 aliphatic heterocycles. The van der Waals surface area contributed by atoms with E-state index in [4.69, 9.17) is 4.74 Å². The van der Waals surface area contributed by atoms with Crippen molar-refractivity contribution < 1.29 is 9.53 Å². The van der Waals surface area contributed by atoms with Gasteiger partial charge in [0.25, 0.3) is 0 Å². The van der Waals surface area contributed by atoms with Crippen molar-refractivity contribution in [2.75, 3.05) is 0 Å². The molecule has 0 amide bonds. The number of hydrogen-bond acceptors (Lipinski definition) is 3. The molecule has 0 saturated carbocycles. The molecule has 0 spiro atoms. The van der Waals surface area contributed by atoms with E-state index in [1.807, 2.05) is 6.08 Å². The Morgan fingerprint density at radius 3 is 2.77 bits per heavy atom. The third kappa shape index (κ3) is 3.01. The van der Waals surface area contributed by atoms with Crippen LogP contribution in [0, 0.1) is 0 Å². The first kappa shape index (κ1) is 9.96. The Labute approximate surface area is 78.5 Å². The zero-order chi connectivity index (χ0) is 9.68. The number of allylic oxidation sites excluding steroid dienone is 1. The summed E-state index contributed by atoms with van der Waals surface area (Å²) >= 11 is 0. The molecule has 0 saturated heterocycles. The highest BCUT2D eigenvalue weighted by molar-refractivity contribution is 6.03. The summed E-state index contributed by atoms with van der Waals surface area (Å²) in [5.41, 5.74) is 0.466. The van der Waals surface area contributed by atoms with Crippen molar-refractivity contribution >= 4 is 11.9 Å². The molecule has 0 N–H and O–H groups in total. The monoisotopic (exact) mass is 181 g/mol. The van der Waals surface area contributed by atoms with E-state index in [9.17, 15) is 4.79 Å². The second-order valence-electron chi connectivity index (χ2n) is 3.11. The topological polar surface area (TPSA) is 38.7 Å². The lowest BCUT2D eigenvalue weighted by Crippen LogP contribution is -1.99. The Bertz CT molecular complexity index is 254. The van der Waals surface area contributed by atoms with Gasteiger partial charge in [0.2, 0.25) is 0 Å². The van der Waals surface area contributed by atoms with Gasteiger partial charge in [0, 0.05) is 6.92 Å². The van der Waals surface area contributed by atoms with Gasteiger partial charge >= 0.3 is 5.97 Å². The molecule has 0 atom stereocenters. The molecule has 0 radical (unpaired) electrons. The minimum absolute atomic E-state index is 0.311. The molecule has 72 valence electrons. The van der Waals surface area contributed by atoms with Crippen LogP contribution in [-0.2, 0) is 9.53 Å². The van der Waals surface area contributed by atoms with Gasteiger partial charge in [0.15, 0.2) is 5.90 Å². The molecule has 0 bridgehead atoms. The molecule has 0 aromatic heterocycles. The molecule has 1 rings (SSSR count). The average Bonchev–Trinajstić information content (AvgIpc) is 2.39. The van der Waals surface area contributed by atoms with Crippen LogP contribution in [0.25, 0.3) is 0 Å². The van der Waals surface area contributed by atoms with Gasteiger partial charge in [0.1, 0.15) is 5.70 Å². The number of ether oxygens (including phenoxy) is 1. The normalized spacial score (nSPS) is 19.1. The van der Waals surface area contributed by atoms with Crippen LogP contribution in [0.15, 0.2) is 16.8 Å². The highest BCUT2D eigenvalue weighted by atomic mass is 16.6. The van der Waals surface area contributed by atoms with Crippen molar-refractivity contribution in [2.45, 2.75) is 39.5 Å². The van der Waals surface area contributed by atoms with Crippen LogP contribution in [0.4, 0.5) is 0 Å². The highest BCUT2D eigenvalue weighted by Gasteiger charge is 2.18. The third-order valence-corrected chi connectivity index (χ3v) is 1.87. The van der Waals surface area contributed by atoms with Gasteiger partial charge in [-0.15, -0.1) is 0 Å². The first-order valence-corrected chi connectivity index (χ1v) is 4.71. The zero-order valence-electron chi connectivity index (χ0n) is 8.17. The summed E-state index contributed by atoms with van der Waals surface area (Å²) in [5, 5.41) is 0. The number of aliphatic imine (C=N–C) groups is 1. The van der Waals surface area contributed by atoms with Gasteiger partial charge in [0.05, 0.1) is 0 Å². The second-order valence-corrected chi connectivity index (χ2v) is 3.11. The Kier molecular flexibility index (Phi) is 3.68. The van der Waals surface area contributed by atoms with E-state index >= 15 is 0 Å². The van der Waals surface area contributed by atoms with Gasteiger partial charge in [-0.3, -0.25) is 0 Å². The van der Waals surface area contributed by atoms with Crippen LogP contribution < -0.4 is 0 Å². The van der Waals surface area contributed by atoms with Crippen molar-refractivity contribution in [3.05, 3.63) is 11.8 Å². The first-order chi connectivity index (χ1) is 6.24. The van der Waals surface area contributed by atoms with Crippen LogP contribution >= 0.6 is 0 Å². The van der Waals surface area contributed by atoms with Gasteiger partial charge in [-0.25, -0.2) is 9.79 Å². The quantitative estimate of drug-likeness (QED) is 0.379. The predicted molar refractivity (Wildman–Crippen MR) is 51.4 cm³/mol. The van der Waals surface area contributed by atoms with Crippen molar-refractivity contribution in [1.82, 2.24) is 0 Å². The molecule has 0 aromatic rings. The minimum atomic E-state index is -0.311. The number of unbranched alkanes of at least 4 members (excludes halogenated alkanes) is 3. The maximum absolute atomic E-state index is 11.0. The molecule has 0 unspecified atom stereocenters. The molecule has 1 heterocycles. The fourth-order valence-corrected chi connectivity index (χ4v) is 1.19. The summed E-state index contributed by atoms with van der Waals surface area (Å²) < 4.78 is 4.77. The summed E-state index contributed by atoms with van der Waals surface area (Å²) in [6.45, 7) is 3.84. The van der Waals surface area contributed by atoms with Gasteiger partial charge in [-0.1, -0.05) is 25.8 Å². The smallest absolute Gasteiger partial charge is 0.363 e. The molecular formula is C10H15NO2. The number of carbonyl (C=O) groups is 1. The molecule has 13 heavy (non-hydrogen) atoms. The number of esters is 1. The SMILES string of the molecule is CCCCCC=C1N=C(C)OC1=O. The fourth-order valence-electron chi connectivity index (χ4n) is 1.19. The van der Waals surface area contributed by atoms with Crippen molar-refractivity contribution in [1.29, 1.82) is 0 Å². The summed E-state index contributed by atoms with van der Waals surface area (Å²) in [7, 11) is 0. The van der Waals surface area contributed by atoms with E-state index < -0.39 is 0 Å². The van der Waals surface area contributed by atoms with Crippen LogP contribution in [0.2, 0.25) is 0 Å². The number of cyclic esters (lactones) is 1. The fraction of sp³-hybridized carbons (Fsp3) is 0.600. The molecule has 3 nitrogen and oxygen atoms in total. The molecule has 0 aliphatic carbocycles. The van der Waals surface area contributed by atoms with E-state index in [-0.39, 0.29) is 5.97 Å². The number of rotatable bonds is 4. The highest BCUT2D eigenvalue weighted by Crippen LogP contribution is 2.12. The van der Waals surface area contributed by atoms with Crippen LogP contribution in [0.5, 0.6) is 0 Å². The minimum Gasteiger partial charge on any atom is -0.407 e. The molecule has 0 aromatic carbocycles. The lowest BCUT2D eigenvalue weighted by Gasteiger charge is -1.92. The van der Waals surface area contributed by atoms with Crippen molar-refractivity contribution in [3.63, 3.8) is 0 Å². The number of hydrogen-bond donors (Lipinski definition) is 0. The maximum atomic E-state index is 11.0. The Morgan fingerprint density at radius 1 is 1.46 bits per heavy atom.